The van der Waals surface area contributed by atoms with Crippen LogP contribution in [0, 0.1) is 43.8 Å². The van der Waals surface area contributed by atoms with E-state index in [9.17, 15) is 48.9 Å². The molecule has 2 aliphatic carbocycles. The van der Waals surface area contributed by atoms with Crippen LogP contribution in [0.1, 0.15) is 24.3 Å². The second-order valence-corrected chi connectivity index (χ2v) is 15.7. The van der Waals surface area contributed by atoms with Crippen molar-refractivity contribution in [3.05, 3.63) is 96.3 Å². The first-order chi connectivity index (χ1) is 25.4. The van der Waals surface area contributed by atoms with E-state index in [4.69, 9.17) is 27.9 Å². The number of carbonyl (C=O) groups is 4. The molecule has 0 bridgehead atoms. The number of alkyl halides is 2. The highest BCUT2D eigenvalue weighted by Crippen LogP contribution is 2.67. The second kappa shape index (κ2) is 12.7. The van der Waals surface area contributed by atoms with Gasteiger partial charge < -0.3 is 14.7 Å². The molecule has 2 saturated heterocycles. The Morgan fingerprint density at radius 1 is 0.926 bits per heavy atom. The van der Waals surface area contributed by atoms with Crippen molar-refractivity contribution in [3.63, 3.8) is 0 Å². The highest BCUT2D eigenvalue weighted by atomic mass is 79.9. The zero-order chi connectivity index (χ0) is 39.3. The lowest BCUT2D eigenvalue weighted by Crippen LogP contribution is -2.60. The topological polar surface area (TPSA) is 194 Å². The number of anilines is 3. The summed E-state index contributed by atoms with van der Waals surface area (Å²) in [5, 5.41) is 35.8. The van der Waals surface area contributed by atoms with E-state index in [0.29, 0.717) is 14.9 Å². The summed E-state index contributed by atoms with van der Waals surface area (Å²) in [7, 11) is 4.03. The van der Waals surface area contributed by atoms with Gasteiger partial charge in [-0.05, 0) is 55.2 Å². The molecule has 2 heterocycles. The Kier molecular flexibility index (Phi) is 8.77. The van der Waals surface area contributed by atoms with E-state index < -0.39 is 102 Å². The predicted octanol–water partition coefficient (Wildman–Crippen LogP) is 5.95. The van der Waals surface area contributed by atoms with Crippen molar-refractivity contribution in [1.82, 2.24) is 0 Å². The third-order valence-corrected chi connectivity index (χ3v) is 12.5. The number of benzene rings is 3. The number of hydrogen-bond donors (Lipinski definition) is 1. The highest BCUT2D eigenvalue weighted by molar-refractivity contribution is 9.10. The number of aromatic hydroxyl groups is 1. The van der Waals surface area contributed by atoms with E-state index in [-0.39, 0.29) is 29.1 Å². The number of allylic oxidation sites excluding steroid dienone is 2. The summed E-state index contributed by atoms with van der Waals surface area (Å²) in [6, 6.07) is 9.17. The fourth-order valence-corrected chi connectivity index (χ4v) is 9.81. The number of phenolic OH excluding ortho intramolecular Hbond substituents is 1. The first-order valence-corrected chi connectivity index (χ1v) is 17.7. The maximum Gasteiger partial charge on any atom is 0.301 e. The summed E-state index contributed by atoms with van der Waals surface area (Å²) in [6.45, 7) is 0. The van der Waals surface area contributed by atoms with Gasteiger partial charge >= 0.3 is 11.4 Å². The normalized spacial score (nSPS) is 27.4. The molecule has 1 N–H and O–H groups in total. The number of nitro groups is 2. The Morgan fingerprint density at radius 2 is 1.54 bits per heavy atom. The lowest BCUT2D eigenvalue weighted by Gasteiger charge is -2.50. The Hall–Kier alpha value is -5.13. The maximum absolute atomic E-state index is 14.6. The highest BCUT2D eigenvalue weighted by Gasteiger charge is 2.77. The minimum absolute atomic E-state index is 0.00286. The number of rotatable bonds is 7. The number of phenols is 1. The standard InChI is InChI=1S/C35H27BrCl2FN5O10/c1-40(2)28-23(43(50)51)12-18(13-24(28)44(52)53)41-30(46)20-9-8-19-22(26(20)31(41)47)14-34(37)32(48)42(17-6-4-16(39)5-7-17)33(49)35(34,38)27(19)21-10-15(36)11-25(54-3)29(21)45/h4-8,10-13,20,22,26-27,45H,9,14H2,1-3H3/t20-,22+,26-,27+,34+,35-/m0/s1. The number of imide groups is 2. The summed E-state index contributed by atoms with van der Waals surface area (Å²) < 4.78 is 19.7. The second-order valence-electron chi connectivity index (χ2n) is 13.5. The molecule has 7 rings (SSSR count). The molecule has 0 unspecified atom stereocenters. The zero-order valence-corrected chi connectivity index (χ0v) is 31.4. The van der Waals surface area contributed by atoms with Gasteiger partial charge in [-0.15, -0.1) is 23.2 Å². The number of nitro benzene ring substituents is 2. The molecule has 4 amide bonds. The van der Waals surface area contributed by atoms with Gasteiger partial charge in [0.25, 0.3) is 11.8 Å². The van der Waals surface area contributed by atoms with Crippen LogP contribution in [0.3, 0.4) is 0 Å². The molecule has 0 radical (unpaired) electrons. The lowest BCUT2D eigenvalue weighted by atomic mass is 9.56. The van der Waals surface area contributed by atoms with Gasteiger partial charge in [0.15, 0.2) is 26.9 Å². The average Bonchev–Trinajstić information content (AvgIpc) is 3.46. The Labute approximate surface area is 323 Å². The first-order valence-electron chi connectivity index (χ1n) is 16.2. The smallest absolute Gasteiger partial charge is 0.301 e. The zero-order valence-electron chi connectivity index (χ0n) is 28.3. The van der Waals surface area contributed by atoms with Gasteiger partial charge in [0, 0.05) is 42.2 Å². The first kappa shape index (κ1) is 37.2. The summed E-state index contributed by atoms with van der Waals surface area (Å²) in [4.78, 5) is 78.2. The van der Waals surface area contributed by atoms with Crippen LogP contribution < -0.4 is 19.4 Å². The van der Waals surface area contributed by atoms with Crippen LogP contribution in [-0.2, 0) is 19.2 Å². The van der Waals surface area contributed by atoms with Crippen LogP contribution in [0.25, 0.3) is 0 Å². The Morgan fingerprint density at radius 3 is 2.09 bits per heavy atom. The van der Waals surface area contributed by atoms with E-state index in [1.165, 1.54) is 50.4 Å². The molecular weight excluding hydrogens is 820 g/mol. The lowest BCUT2D eigenvalue weighted by molar-refractivity contribution is -0.392. The Balaban J connectivity index is 1.42. The van der Waals surface area contributed by atoms with Gasteiger partial charge in [-0.2, -0.15) is 0 Å². The van der Waals surface area contributed by atoms with Gasteiger partial charge in [0.2, 0.25) is 11.8 Å². The third-order valence-electron chi connectivity index (χ3n) is 10.6. The molecule has 3 aromatic carbocycles. The summed E-state index contributed by atoms with van der Waals surface area (Å²) in [5.74, 6) is -9.75. The number of methoxy groups -OCH3 is 1. The molecule has 3 fully saturated rings. The average molecular weight is 847 g/mol. The van der Waals surface area contributed by atoms with Crippen LogP contribution >= 0.6 is 39.1 Å². The van der Waals surface area contributed by atoms with Gasteiger partial charge in [0.1, 0.15) is 5.82 Å². The van der Waals surface area contributed by atoms with E-state index in [1.807, 2.05) is 0 Å². The number of ether oxygens (including phenoxy) is 1. The largest absolute Gasteiger partial charge is 0.504 e. The number of nitrogens with zero attached hydrogens (tertiary/aromatic N) is 5. The summed E-state index contributed by atoms with van der Waals surface area (Å²) in [5.41, 5.74) is -1.97. The predicted molar refractivity (Wildman–Crippen MR) is 196 cm³/mol. The van der Waals surface area contributed by atoms with E-state index >= 15 is 0 Å². The molecular formula is C35H27BrCl2FN5O10. The number of halogens is 4. The van der Waals surface area contributed by atoms with Crippen LogP contribution in [0.2, 0.25) is 0 Å². The molecule has 1 saturated carbocycles. The van der Waals surface area contributed by atoms with Crippen molar-refractivity contribution in [2.45, 2.75) is 28.5 Å². The van der Waals surface area contributed by atoms with Gasteiger partial charge in [-0.1, -0.05) is 27.6 Å². The number of fused-ring (bicyclic) bond motifs is 4. The SMILES string of the molecule is COc1cc(Br)cc([C@H]2C3=CC[C@@H]4C(=O)N(c5cc([N+](=O)[O-])c(N(C)C)c([N+](=O)[O-])c5)C(=O)[C@@H]4[C@@H]3C[C@@]3(Cl)C(=O)N(c4ccc(F)cc4)C(=O)[C@@]23Cl)c1O. The quantitative estimate of drug-likeness (QED) is 0.0971. The van der Waals surface area contributed by atoms with Gasteiger partial charge in [0.05, 0.1) is 40.2 Å². The minimum Gasteiger partial charge on any atom is -0.504 e. The molecule has 0 aromatic heterocycles. The molecule has 6 atom stereocenters. The van der Waals surface area contributed by atoms with Crippen molar-refractivity contribution in [2.24, 2.45) is 17.8 Å². The van der Waals surface area contributed by atoms with Crippen molar-refractivity contribution >= 4 is 91.2 Å². The van der Waals surface area contributed by atoms with E-state index in [1.54, 1.807) is 6.08 Å². The number of carbonyl (C=O) groups excluding carboxylic acids is 4. The molecule has 54 heavy (non-hydrogen) atoms. The molecule has 19 heteroatoms. The summed E-state index contributed by atoms with van der Waals surface area (Å²) >= 11 is 18.1. The summed E-state index contributed by atoms with van der Waals surface area (Å²) in [6.07, 6.45) is 1.01. The van der Waals surface area contributed by atoms with Crippen molar-refractivity contribution in [3.8, 4) is 11.5 Å². The van der Waals surface area contributed by atoms with Gasteiger partial charge in [-0.3, -0.25) is 39.4 Å². The van der Waals surface area contributed by atoms with Gasteiger partial charge in [-0.25, -0.2) is 14.2 Å². The molecule has 280 valence electrons. The number of amides is 4. The monoisotopic (exact) mass is 845 g/mol. The van der Waals surface area contributed by atoms with Crippen LogP contribution in [0.15, 0.2) is 64.7 Å². The van der Waals surface area contributed by atoms with Crippen LogP contribution in [-0.4, -0.2) is 69.5 Å². The molecule has 4 aliphatic rings. The van der Waals surface area contributed by atoms with Crippen molar-refractivity contribution in [1.29, 1.82) is 0 Å². The Bertz CT molecular complexity index is 2240. The molecule has 15 nitrogen and oxygen atoms in total. The fourth-order valence-electron chi connectivity index (χ4n) is 8.42. The van der Waals surface area contributed by atoms with Crippen molar-refractivity contribution < 1.29 is 43.3 Å². The van der Waals surface area contributed by atoms with E-state index in [0.717, 1.165) is 29.2 Å². The maximum atomic E-state index is 14.6. The van der Waals surface area contributed by atoms with Crippen LogP contribution in [0.5, 0.6) is 11.5 Å². The molecule has 2 aliphatic heterocycles. The molecule has 3 aromatic rings. The van der Waals surface area contributed by atoms with E-state index in [2.05, 4.69) is 15.9 Å². The van der Waals surface area contributed by atoms with Crippen molar-refractivity contribution in [2.75, 3.05) is 35.9 Å². The van der Waals surface area contributed by atoms with Crippen LogP contribution in [0.4, 0.5) is 32.8 Å². The minimum atomic E-state index is -2.37. The molecule has 0 spiro atoms. The third kappa shape index (κ3) is 5.04. The fraction of sp³-hybridized carbons (Fsp3) is 0.314. The number of hydrogen-bond acceptors (Lipinski definition) is 11.